The van der Waals surface area contributed by atoms with Crippen LogP contribution in [0.4, 0.5) is 5.82 Å². The van der Waals surface area contributed by atoms with Crippen LogP contribution < -0.4 is 9.88 Å². The zero-order valence-electron chi connectivity index (χ0n) is 14.3. The molecule has 1 aromatic heterocycles. The maximum Gasteiger partial charge on any atom is 0.275 e. The minimum absolute atomic E-state index is 0.762. The number of nitrogens with zero attached hydrogens (tertiary/aromatic N) is 1. The van der Waals surface area contributed by atoms with Crippen LogP contribution in [0.3, 0.4) is 0 Å². The molecule has 1 heterocycles. The summed E-state index contributed by atoms with van der Waals surface area (Å²) in [6, 6.07) is 18.9. The SMILES string of the molecule is CCCCN(Cc1ccccc1)c1cc(C)c2ccc(Cl)cc2[nH+]1. The van der Waals surface area contributed by atoms with Crippen molar-refractivity contribution in [3.8, 4) is 0 Å². The number of aromatic nitrogens is 1. The van der Waals surface area contributed by atoms with Crippen molar-refractivity contribution in [1.82, 2.24) is 0 Å². The molecule has 1 N–H and O–H groups in total. The van der Waals surface area contributed by atoms with Crippen LogP contribution in [0.25, 0.3) is 10.9 Å². The molecule has 2 aromatic carbocycles. The number of H-pyrrole nitrogens is 1. The van der Waals surface area contributed by atoms with E-state index in [1.54, 1.807) is 0 Å². The first-order chi connectivity index (χ1) is 11.7. The van der Waals surface area contributed by atoms with Gasteiger partial charge in [0.1, 0.15) is 12.1 Å². The van der Waals surface area contributed by atoms with E-state index in [0.29, 0.717) is 0 Å². The highest BCUT2D eigenvalue weighted by atomic mass is 35.5. The first kappa shape index (κ1) is 16.8. The van der Waals surface area contributed by atoms with E-state index >= 15 is 0 Å². The number of anilines is 1. The summed E-state index contributed by atoms with van der Waals surface area (Å²) in [6.07, 6.45) is 2.36. The van der Waals surface area contributed by atoms with Gasteiger partial charge in [-0.05, 0) is 36.6 Å². The van der Waals surface area contributed by atoms with Crippen LogP contribution in [0.2, 0.25) is 5.02 Å². The summed E-state index contributed by atoms with van der Waals surface area (Å²) in [5, 5.41) is 1.98. The number of nitrogens with one attached hydrogen (secondary N) is 1. The van der Waals surface area contributed by atoms with Crippen molar-refractivity contribution in [3.63, 3.8) is 0 Å². The van der Waals surface area contributed by atoms with Gasteiger partial charge in [-0.25, -0.2) is 4.98 Å². The number of hydrogen-bond donors (Lipinski definition) is 0. The minimum atomic E-state index is 0.762. The quantitative estimate of drug-likeness (QED) is 0.586. The third-order valence-corrected chi connectivity index (χ3v) is 4.60. The van der Waals surface area contributed by atoms with Gasteiger partial charge in [-0.2, -0.15) is 0 Å². The van der Waals surface area contributed by atoms with Gasteiger partial charge in [-0.1, -0.05) is 55.3 Å². The smallest absolute Gasteiger partial charge is 0.258 e. The molecule has 0 bridgehead atoms. The molecule has 0 spiro atoms. The molecular weight excluding hydrogens is 316 g/mol. The summed E-state index contributed by atoms with van der Waals surface area (Å²) in [6.45, 7) is 6.33. The number of rotatable bonds is 6. The van der Waals surface area contributed by atoms with Crippen LogP contribution in [0.15, 0.2) is 54.6 Å². The Hall–Kier alpha value is -2.06. The fourth-order valence-corrected chi connectivity index (χ4v) is 3.20. The number of pyridine rings is 1. The van der Waals surface area contributed by atoms with Gasteiger partial charge in [-0.15, -0.1) is 0 Å². The Bertz CT molecular complexity index is 815. The summed E-state index contributed by atoms with van der Waals surface area (Å²) >= 11 is 6.18. The molecule has 0 saturated heterocycles. The van der Waals surface area contributed by atoms with Crippen molar-refractivity contribution >= 4 is 28.3 Å². The maximum atomic E-state index is 6.18. The Balaban J connectivity index is 1.98. The van der Waals surface area contributed by atoms with Gasteiger partial charge in [0.15, 0.2) is 0 Å². The Kier molecular flexibility index (Phi) is 5.37. The summed E-state index contributed by atoms with van der Waals surface area (Å²) < 4.78 is 0. The zero-order chi connectivity index (χ0) is 16.9. The van der Waals surface area contributed by atoms with Gasteiger partial charge in [0.05, 0.1) is 6.54 Å². The molecule has 0 unspecified atom stereocenters. The molecular formula is C21H24ClN2+. The molecule has 2 nitrogen and oxygen atoms in total. The van der Waals surface area contributed by atoms with Crippen molar-refractivity contribution in [2.24, 2.45) is 0 Å². The number of benzene rings is 2. The molecule has 0 aliphatic rings. The first-order valence-electron chi connectivity index (χ1n) is 8.58. The highest BCUT2D eigenvalue weighted by Gasteiger charge is 2.18. The van der Waals surface area contributed by atoms with Gasteiger partial charge >= 0.3 is 0 Å². The summed E-state index contributed by atoms with van der Waals surface area (Å²) in [4.78, 5) is 6.00. The molecule has 0 atom stereocenters. The lowest BCUT2D eigenvalue weighted by Gasteiger charge is -2.18. The van der Waals surface area contributed by atoms with E-state index in [4.69, 9.17) is 11.6 Å². The number of aryl methyl sites for hydroxylation is 1. The van der Waals surface area contributed by atoms with E-state index < -0.39 is 0 Å². The monoisotopic (exact) mass is 339 g/mol. The highest BCUT2D eigenvalue weighted by Crippen LogP contribution is 2.23. The fraction of sp³-hybridized carbons (Fsp3) is 0.286. The van der Waals surface area contributed by atoms with E-state index in [1.807, 2.05) is 12.1 Å². The van der Waals surface area contributed by atoms with E-state index in [2.05, 4.69) is 66.2 Å². The van der Waals surface area contributed by atoms with Crippen LogP contribution in [-0.2, 0) is 6.54 Å². The maximum absolute atomic E-state index is 6.18. The molecule has 0 radical (unpaired) electrons. The van der Waals surface area contributed by atoms with Crippen molar-refractivity contribution in [3.05, 3.63) is 70.7 Å². The summed E-state index contributed by atoms with van der Waals surface area (Å²) in [5.41, 5.74) is 3.68. The second-order valence-electron chi connectivity index (χ2n) is 6.29. The number of unbranched alkanes of at least 4 members (excludes halogenated alkanes) is 1. The third kappa shape index (κ3) is 3.88. The molecule has 3 aromatic rings. The Morgan fingerprint density at radius 1 is 1.04 bits per heavy atom. The molecule has 0 aliphatic heterocycles. The highest BCUT2D eigenvalue weighted by molar-refractivity contribution is 6.31. The molecule has 124 valence electrons. The molecule has 0 saturated carbocycles. The van der Waals surface area contributed by atoms with Gasteiger partial charge in [0, 0.05) is 22.5 Å². The predicted octanol–water partition coefficient (Wildman–Crippen LogP) is 5.42. The zero-order valence-corrected chi connectivity index (χ0v) is 15.1. The lowest BCUT2D eigenvalue weighted by molar-refractivity contribution is -0.330. The van der Waals surface area contributed by atoms with Gasteiger partial charge in [-0.3, -0.25) is 4.90 Å². The van der Waals surface area contributed by atoms with Gasteiger partial charge < -0.3 is 0 Å². The molecule has 3 heteroatoms. The van der Waals surface area contributed by atoms with Crippen molar-refractivity contribution in [2.45, 2.75) is 33.2 Å². The molecule has 3 rings (SSSR count). The normalized spacial score (nSPS) is 11.0. The largest absolute Gasteiger partial charge is 0.275 e. The van der Waals surface area contributed by atoms with E-state index in [-0.39, 0.29) is 0 Å². The van der Waals surface area contributed by atoms with Crippen LogP contribution in [-0.4, -0.2) is 6.54 Å². The molecule has 24 heavy (non-hydrogen) atoms. The fourth-order valence-electron chi connectivity index (χ4n) is 3.03. The lowest BCUT2D eigenvalue weighted by atomic mass is 10.1. The molecule has 0 fully saturated rings. The third-order valence-electron chi connectivity index (χ3n) is 4.36. The summed E-state index contributed by atoms with van der Waals surface area (Å²) in [5.74, 6) is 1.15. The summed E-state index contributed by atoms with van der Waals surface area (Å²) in [7, 11) is 0. The Morgan fingerprint density at radius 3 is 2.58 bits per heavy atom. The van der Waals surface area contributed by atoms with Crippen LogP contribution in [0.1, 0.15) is 30.9 Å². The van der Waals surface area contributed by atoms with Crippen molar-refractivity contribution in [1.29, 1.82) is 0 Å². The van der Waals surface area contributed by atoms with E-state index in [9.17, 15) is 0 Å². The van der Waals surface area contributed by atoms with Gasteiger partial charge in [0.2, 0.25) is 0 Å². The van der Waals surface area contributed by atoms with Crippen LogP contribution in [0.5, 0.6) is 0 Å². The van der Waals surface area contributed by atoms with Crippen molar-refractivity contribution in [2.75, 3.05) is 11.4 Å². The number of aromatic amines is 1. The lowest BCUT2D eigenvalue weighted by Crippen LogP contribution is -2.30. The number of hydrogen-bond acceptors (Lipinski definition) is 1. The minimum Gasteiger partial charge on any atom is -0.258 e. The standard InChI is InChI=1S/C21H23ClN2/c1-3-4-12-24(15-17-8-6-5-7-9-17)21-13-16(2)19-11-10-18(22)14-20(19)23-21/h5-11,13-14H,3-4,12,15H2,1-2H3/p+1. The van der Waals surface area contributed by atoms with Gasteiger partial charge in [0.25, 0.3) is 5.82 Å². The van der Waals surface area contributed by atoms with E-state index in [0.717, 1.165) is 29.4 Å². The second-order valence-corrected chi connectivity index (χ2v) is 6.72. The first-order valence-corrected chi connectivity index (χ1v) is 8.96. The average molecular weight is 340 g/mol. The van der Waals surface area contributed by atoms with Crippen molar-refractivity contribution < 1.29 is 4.98 Å². The van der Waals surface area contributed by atoms with E-state index in [1.165, 1.54) is 29.4 Å². The Morgan fingerprint density at radius 2 is 1.83 bits per heavy atom. The topological polar surface area (TPSA) is 17.4 Å². The predicted molar refractivity (Wildman–Crippen MR) is 103 cm³/mol. The Labute approximate surface area is 149 Å². The van der Waals surface area contributed by atoms with Crippen LogP contribution in [0, 0.1) is 6.92 Å². The molecule has 0 amide bonds. The number of halogens is 1. The van der Waals surface area contributed by atoms with Crippen LogP contribution >= 0.6 is 11.6 Å². The number of fused-ring (bicyclic) bond motifs is 1. The second kappa shape index (κ2) is 7.67. The average Bonchev–Trinajstić information content (AvgIpc) is 2.59. The molecule has 0 aliphatic carbocycles.